The van der Waals surface area contributed by atoms with Crippen LogP contribution in [-0.4, -0.2) is 102 Å². The third-order valence-electron chi connectivity index (χ3n) is 14.1. The zero-order valence-corrected chi connectivity index (χ0v) is 35.9. The molecule has 12 atom stereocenters. The molecule has 2 unspecified atom stereocenters. The van der Waals surface area contributed by atoms with Crippen molar-refractivity contribution in [3.63, 3.8) is 0 Å². The Morgan fingerprint density at radius 3 is 2.50 bits per heavy atom. The van der Waals surface area contributed by atoms with Gasteiger partial charge in [0.05, 0.1) is 23.0 Å². The van der Waals surface area contributed by atoms with Crippen molar-refractivity contribution >= 4 is 56.9 Å². The highest BCUT2D eigenvalue weighted by Gasteiger charge is 2.67. The van der Waals surface area contributed by atoms with Gasteiger partial charge in [-0.25, -0.2) is 27.0 Å². The lowest BCUT2D eigenvalue weighted by Crippen LogP contribution is -2.63. The summed E-state index contributed by atoms with van der Waals surface area (Å²) >= 11 is 6.31. The van der Waals surface area contributed by atoms with E-state index < -0.39 is 98.6 Å². The normalized spacial score (nSPS) is 37.1. The SMILES string of the molecule is C[C@@H]1[C@@H]2CN(C(=O)[C@H](C(C)(C)C)NC(=O)O[C@@H]3C[C@@H]4C[C@@H]4[C@H]3CC/C=C/CC3C(=O)c4ccc(Cl)cc4N=C3O2)[C@@H]1C(O)N[C@]1(C(=O)NS(=O)(=O)C2(C)CC2)C[C@H]1C(F)F. The van der Waals surface area contributed by atoms with Crippen LogP contribution in [0, 0.1) is 40.9 Å². The number of nitrogens with one attached hydrogen (secondary N) is 3. The Bertz CT molecular complexity index is 2130. The predicted molar refractivity (Wildman–Crippen MR) is 216 cm³/mol. The van der Waals surface area contributed by atoms with Crippen molar-refractivity contribution < 1.29 is 51.0 Å². The molecular weight excluding hydrogens is 824 g/mol. The molecule has 14 nitrogen and oxygen atoms in total. The molecule has 1 saturated heterocycles. The summed E-state index contributed by atoms with van der Waals surface area (Å²) in [7, 11) is -4.24. The molecule has 0 spiro atoms. The van der Waals surface area contributed by atoms with Crippen molar-refractivity contribution in [1.29, 1.82) is 0 Å². The van der Waals surface area contributed by atoms with Gasteiger partial charge in [0, 0.05) is 22.4 Å². The minimum atomic E-state index is -4.24. The average Bonchev–Trinajstić information content (AvgIpc) is 4.11. The smallest absolute Gasteiger partial charge is 0.408 e. The van der Waals surface area contributed by atoms with Gasteiger partial charge in [-0.3, -0.25) is 24.4 Å². The van der Waals surface area contributed by atoms with E-state index in [-0.39, 0.29) is 36.7 Å². The fourth-order valence-electron chi connectivity index (χ4n) is 9.91. The van der Waals surface area contributed by atoms with Gasteiger partial charge in [-0.15, -0.1) is 0 Å². The molecule has 1 aromatic rings. The molecule has 0 aromatic heterocycles. The molecule has 3 aliphatic heterocycles. The van der Waals surface area contributed by atoms with Crippen LogP contribution >= 0.6 is 11.6 Å². The second-order valence-electron chi connectivity index (χ2n) is 19.3. The molecule has 328 valence electrons. The van der Waals surface area contributed by atoms with Crippen molar-refractivity contribution in [2.75, 3.05) is 6.54 Å². The third-order valence-corrected chi connectivity index (χ3v) is 16.5. The van der Waals surface area contributed by atoms with Gasteiger partial charge in [-0.1, -0.05) is 51.4 Å². The van der Waals surface area contributed by atoms with E-state index in [1.807, 2.05) is 16.9 Å². The molecule has 3 heterocycles. The number of sulfonamides is 1. The number of rotatable bonds is 7. The number of aliphatic imine (C=N–C) groups is 1. The number of benzene rings is 1. The van der Waals surface area contributed by atoms with Gasteiger partial charge in [-0.05, 0) is 99.7 Å². The summed E-state index contributed by atoms with van der Waals surface area (Å²) in [6.45, 7) is 8.19. The number of allylic oxidation sites excluding steroid dienone is 2. The number of halogens is 3. The molecule has 18 heteroatoms. The Labute approximate surface area is 353 Å². The lowest BCUT2D eigenvalue weighted by atomic mass is 9.85. The van der Waals surface area contributed by atoms with Crippen LogP contribution in [0.25, 0.3) is 0 Å². The number of hydrogen-bond donors (Lipinski definition) is 4. The maximum absolute atomic E-state index is 14.9. The molecule has 5 fully saturated rings. The Balaban J connectivity index is 1.15. The molecule has 4 aliphatic carbocycles. The standard InChI is InChI=1S/C42H54ClF2N5O9S/c1-20-30-19-50(31(20)35(52)48-42(18-27(42)34(44)45)38(54)49-60(56,57)41(5)13-14-41)37(53)33(40(2,3)4)47-39(55)59-29-16-21-15-26(21)23(29)9-7-6-8-10-25-32(51)24-12-11-22(43)17-28(24)46-36(25)58-30/h6,8,11-12,17,20-21,23,25-27,29-31,33-35,48,52H,7,9-10,13-16,18-19H2,1-5H3,(H,47,55)(H,49,54)/b8-6+/t20-,21+,23-,25?,26+,27+,29-,30+,31+,33-,35?,42-/m1/s1. The van der Waals surface area contributed by atoms with Gasteiger partial charge in [0.2, 0.25) is 22.4 Å². The van der Waals surface area contributed by atoms with Gasteiger partial charge in [0.25, 0.3) is 5.91 Å². The number of ketones is 1. The number of fused-ring (bicyclic) bond motifs is 7. The highest BCUT2D eigenvalue weighted by atomic mass is 35.5. The van der Waals surface area contributed by atoms with Crippen LogP contribution in [0.3, 0.4) is 0 Å². The first-order valence-corrected chi connectivity index (χ1v) is 22.8. The van der Waals surface area contributed by atoms with Crippen molar-refractivity contribution in [2.45, 2.75) is 133 Å². The van der Waals surface area contributed by atoms with Gasteiger partial charge in [-0.2, -0.15) is 0 Å². The van der Waals surface area contributed by atoms with E-state index in [1.165, 1.54) is 11.8 Å². The monoisotopic (exact) mass is 877 g/mol. The number of amides is 3. The van der Waals surface area contributed by atoms with E-state index in [0.29, 0.717) is 47.4 Å². The summed E-state index contributed by atoms with van der Waals surface area (Å²) in [4.78, 5) is 62.5. The van der Waals surface area contributed by atoms with Crippen molar-refractivity contribution in [3.8, 4) is 0 Å². The van der Waals surface area contributed by atoms with Gasteiger partial charge >= 0.3 is 6.09 Å². The van der Waals surface area contributed by atoms with Crippen LogP contribution in [0.4, 0.5) is 19.3 Å². The molecular formula is C42H54ClF2N5O9S. The minimum absolute atomic E-state index is 0.0771. The Morgan fingerprint density at radius 2 is 1.83 bits per heavy atom. The fourth-order valence-corrected chi connectivity index (χ4v) is 11.4. The topological polar surface area (TPSA) is 193 Å². The quantitative estimate of drug-likeness (QED) is 0.208. The maximum Gasteiger partial charge on any atom is 0.408 e. The highest BCUT2D eigenvalue weighted by Crippen LogP contribution is 2.58. The lowest BCUT2D eigenvalue weighted by Gasteiger charge is -2.38. The third kappa shape index (κ3) is 7.85. The summed E-state index contributed by atoms with van der Waals surface area (Å²) < 4.78 is 68.4. The zero-order chi connectivity index (χ0) is 43.3. The van der Waals surface area contributed by atoms with Crippen LogP contribution < -0.4 is 15.4 Å². The summed E-state index contributed by atoms with van der Waals surface area (Å²) in [6, 6.07) is 2.29. The average molecular weight is 878 g/mol. The van der Waals surface area contributed by atoms with E-state index in [0.717, 1.165) is 19.3 Å². The first-order valence-electron chi connectivity index (χ1n) is 21.0. The van der Waals surface area contributed by atoms with Crippen LogP contribution in [0.1, 0.15) is 96.3 Å². The first kappa shape index (κ1) is 43.0. The Hall–Kier alpha value is -3.67. The number of Topliss-reactive ketones (excluding diaryl/α,β-unsaturated/α-hetero) is 1. The lowest BCUT2D eigenvalue weighted by molar-refractivity contribution is -0.141. The van der Waals surface area contributed by atoms with Crippen LogP contribution in [0.15, 0.2) is 35.3 Å². The number of aliphatic hydroxyl groups is 1. The number of hydrogen-bond acceptors (Lipinski definition) is 11. The molecule has 60 heavy (non-hydrogen) atoms. The van der Waals surface area contributed by atoms with E-state index >= 15 is 0 Å². The number of alkyl halides is 2. The van der Waals surface area contributed by atoms with Crippen LogP contribution in [0.2, 0.25) is 5.02 Å². The molecule has 4 N–H and O–H groups in total. The largest absolute Gasteiger partial charge is 0.475 e. The number of carbonyl (C=O) groups is 4. The fraction of sp³-hybridized carbons (Fsp3) is 0.690. The molecule has 0 radical (unpaired) electrons. The summed E-state index contributed by atoms with van der Waals surface area (Å²) in [5.74, 6) is -4.30. The molecule has 1 aromatic carbocycles. The number of nitrogens with zero attached hydrogens (tertiary/aromatic N) is 2. The zero-order valence-electron chi connectivity index (χ0n) is 34.3. The summed E-state index contributed by atoms with van der Waals surface area (Å²) in [6.07, 6.45) is 0.536. The van der Waals surface area contributed by atoms with E-state index in [9.17, 15) is 41.5 Å². The molecule has 3 amide bonds. The molecule has 2 bridgehead atoms. The number of aliphatic hydroxyl groups excluding tert-OH is 1. The molecule has 8 rings (SSSR count). The summed E-state index contributed by atoms with van der Waals surface area (Å²) in [5.41, 5.74) is -2.42. The van der Waals surface area contributed by atoms with Crippen molar-refractivity contribution in [1.82, 2.24) is 20.3 Å². The number of ether oxygens (including phenoxy) is 2. The van der Waals surface area contributed by atoms with Crippen molar-refractivity contribution in [3.05, 3.63) is 40.9 Å². The van der Waals surface area contributed by atoms with E-state index in [4.69, 9.17) is 26.1 Å². The molecule has 4 saturated carbocycles. The van der Waals surface area contributed by atoms with Gasteiger partial charge in [0.15, 0.2) is 11.7 Å². The minimum Gasteiger partial charge on any atom is -0.475 e. The number of carbonyl (C=O) groups excluding carboxylic acids is 4. The Kier molecular flexibility index (Phi) is 11.0. The Morgan fingerprint density at radius 1 is 1.10 bits per heavy atom. The number of alkyl carbamates (subject to hydrolysis) is 1. The second-order valence-corrected chi connectivity index (χ2v) is 22.0. The van der Waals surface area contributed by atoms with Crippen LogP contribution in [-0.2, 0) is 29.1 Å². The first-order chi connectivity index (χ1) is 28.1. The van der Waals surface area contributed by atoms with Gasteiger partial charge in [0.1, 0.15) is 35.9 Å². The van der Waals surface area contributed by atoms with E-state index in [1.54, 1.807) is 45.9 Å². The van der Waals surface area contributed by atoms with Crippen molar-refractivity contribution in [2.24, 2.45) is 45.9 Å². The second kappa shape index (κ2) is 15.3. The molecule has 7 aliphatic rings. The van der Waals surface area contributed by atoms with Gasteiger partial charge < -0.3 is 24.8 Å². The van der Waals surface area contributed by atoms with E-state index in [2.05, 4.69) is 10.6 Å². The predicted octanol–water partition coefficient (Wildman–Crippen LogP) is 5.25. The maximum atomic E-state index is 14.9. The summed E-state index contributed by atoms with van der Waals surface area (Å²) in [5, 5.41) is 17.9. The van der Waals surface area contributed by atoms with Crippen LogP contribution in [0.5, 0.6) is 0 Å². The highest BCUT2D eigenvalue weighted by molar-refractivity contribution is 7.91.